The first-order valence-corrected chi connectivity index (χ1v) is 18.6. The van der Waals surface area contributed by atoms with Crippen molar-refractivity contribution >= 4 is 38.8 Å². The van der Waals surface area contributed by atoms with Crippen LogP contribution in [0.25, 0.3) is 0 Å². The molecule has 0 aliphatic heterocycles. The molecule has 4 rings (SSSR count). The Morgan fingerprint density at radius 2 is 0.628 bits per heavy atom. The fourth-order valence-corrected chi connectivity index (χ4v) is 12.8. The van der Waals surface area contributed by atoms with Gasteiger partial charge in [0.05, 0.1) is 26.4 Å². The van der Waals surface area contributed by atoms with Gasteiger partial charge < -0.3 is 23.1 Å². The minimum Gasteiger partial charge on any atom is -0.494 e. The first kappa shape index (κ1) is 32.4. The monoisotopic (exact) mass is 614 g/mol. The van der Waals surface area contributed by atoms with Gasteiger partial charge in [-0.15, -0.1) is 0 Å². The fourth-order valence-electron chi connectivity index (χ4n) is 5.39. The molecule has 4 aromatic carbocycles. The van der Waals surface area contributed by atoms with Crippen molar-refractivity contribution in [1.29, 1.82) is 0 Å². The van der Waals surface area contributed by atoms with Crippen LogP contribution in [0, 0.1) is 27.7 Å². The molecule has 0 spiro atoms. The van der Waals surface area contributed by atoms with Gasteiger partial charge in [0.1, 0.15) is 23.0 Å². The van der Waals surface area contributed by atoms with Gasteiger partial charge in [-0.05, 0) is 147 Å². The number of rotatable bonds is 14. The van der Waals surface area contributed by atoms with E-state index in [4.69, 9.17) is 23.1 Å². The third kappa shape index (κ3) is 7.90. The Morgan fingerprint density at radius 1 is 0.395 bits per heavy atom. The quantitative estimate of drug-likeness (QED) is 0.189. The van der Waals surface area contributed by atoms with Crippen LogP contribution in [0.15, 0.2) is 72.8 Å². The molecular weight excluding hydrogens is 569 g/mol. The smallest absolute Gasteiger partial charge is 0.229 e. The van der Waals surface area contributed by atoms with Gasteiger partial charge in [0.25, 0.3) is 0 Å². The van der Waals surface area contributed by atoms with E-state index in [-0.39, 0.29) is 0 Å². The van der Waals surface area contributed by atoms with Crippen LogP contribution in [-0.2, 0) is 4.12 Å². The normalized spacial score (nSPS) is 11.2. The maximum Gasteiger partial charge on any atom is 0.229 e. The first-order chi connectivity index (χ1) is 20.8. The van der Waals surface area contributed by atoms with Gasteiger partial charge in [0, 0.05) is 0 Å². The van der Waals surface area contributed by atoms with E-state index >= 15 is 0 Å². The lowest BCUT2D eigenvalue weighted by Crippen LogP contribution is -2.58. The van der Waals surface area contributed by atoms with Crippen LogP contribution >= 0.6 is 0 Å². The van der Waals surface area contributed by atoms with E-state index in [0.29, 0.717) is 26.4 Å². The van der Waals surface area contributed by atoms with Gasteiger partial charge in [0.2, 0.25) is 18.1 Å². The Labute approximate surface area is 261 Å². The zero-order chi connectivity index (χ0) is 30.9. The van der Waals surface area contributed by atoms with Crippen molar-refractivity contribution in [3.63, 3.8) is 0 Å². The lowest BCUT2D eigenvalue weighted by molar-refractivity contribution is 0.340. The molecule has 0 aliphatic carbocycles. The van der Waals surface area contributed by atoms with E-state index in [1.165, 1.54) is 43.0 Å². The van der Waals surface area contributed by atoms with Crippen LogP contribution in [0.1, 0.15) is 49.9 Å². The standard InChI is InChI=1S/C36H46O5Si2/c1-9-37-29-17-13-25(5)33(21-29)42(34-22-30(38-10-2)18-14-26(34)6)41-43(35-23-31(39-11-3)19-15-27(35)7)36-24-32(40-12-4)20-16-28(36)8/h13-24,42-43H,9-12H2,1-8H3. The van der Waals surface area contributed by atoms with E-state index in [0.717, 1.165) is 23.0 Å². The van der Waals surface area contributed by atoms with Crippen molar-refractivity contribution in [2.24, 2.45) is 0 Å². The van der Waals surface area contributed by atoms with Crippen molar-refractivity contribution in [3.8, 4) is 23.0 Å². The Bertz CT molecular complexity index is 1300. The lowest BCUT2D eigenvalue weighted by atomic mass is 10.2. The minimum absolute atomic E-state index is 0.610. The summed E-state index contributed by atoms with van der Waals surface area (Å²) in [7, 11) is -4.64. The zero-order valence-corrected chi connectivity index (χ0v) is 29.3. The lowest BCUT2D eigenvalue weighted by Gasteiger charge is -2.29. The number of benzene rings is 4. The maximum atomic E-state index is 7.71. The average Bonchev–Trinajstić information content (AvgIpc) is 2.99. The molecule has 0 aliphatic rings. The van der Waals surface area contributed by atoms with Gasteiger partial charge in [-0.25, -0.2) is 0 Å². The van der Waals surface area contributed by atoms with Crippen molar-refractivity contribution in [1.82, 2.24) is 0 Å². The molecule has 0 N–H and O–H groups in total. The van der Waals surface area contributed by atoms with Gasteiger partial charge in [0.15, 0.2) is 0 Å². The molecule has 43 heavy (non-hydrogen) atoms. The molecular formula is C36H46O5Si2. The van der Waals surface area contributed by atoms with E-state index in [1.54, 1.807) is 0 Å². The van der Waals surface area contributed by atoms with Crippen molar-refractivity contribution in [2.45, 2.75) is 55.4 Å². The van der Waals surface area contributed by atoms with Crippen LogP contribution in [0.2, 0.25) is 0 Å². The maximum absolute atomic E-state index is 7.71. The Hall–Kier alpha value is -3.53. The molecule has 0 radical (unpaired) electrons. The topological polar surface area (TPSA) is 46.2 Å². The highest BCUT2D eigenvalue weighted by atomic mass is 28.4. The summed E-state index contributed by atoms with van der Waals surface area (Å²) in [6.07, 6.45) is 0. The molecule has 0 fully saturated rings. The van der Waals surface area contributed by atoms with Crippen LogP contribution in [-0.4, -0.2) is 44.5 Å². The highest BCUT2D eigenvalue weighted by molar-refractivity contribution is 6.92. The SMILES string of the molecule is CCOc1ccc(C)c([SiH](O[SiH](c2cc(OCC)ccc2C)c2cc(OCC)ccc2C)c2cc(OCC)ccc2C)c1. The Kier molecular flexibility index (Phi) is 11.5. The van der Waals surface area contributed by atoms with E-state index in [1.807, 2.05) is 27.7 Å². The predicted molar refractivity (Wildman–Crippen MR) is 183 cm³/mol. The van der Waals surface area contributed by atoms with E-state index in [2.05, 4.69) is 100 Å². The van der Waals surface area contributed by atoms with E-state index < -0.39 is 18.1 Å². The summed E-state index contributed by atoms with van der Waals surface area (Å²) < 4.78 is 31.7. The Morgan fingerprint density at radius 3 is 0.837 bits per heavy atom. The summed E-state index contributed by atoms with van der Waals surface area (Å²) >= 11 is 0. The second-order valence-corrected chi connectivity index (χ2v) is 15.8. The van der Waals surface area contributed by atoms with Gasteiger partial charge in [-0.1, -0.05) is 24.3 Å². The summed E-state index contributed by atoms with van der Waals surface area (Å²) in [5, 5.41) is 4.88. The predicted octanol–water partition coefficient (Wildman–Crippen LogP) is 4.91. The minimum atomic E-state index is -2.32. The molecule has 0 saturated carbocycles. The molecule has 0 saturated heterocycles. The molecule has 7 heteroatoms. The largest absolute Gasteiger partial charge is 0.494 e. The highest BCUT2D eigenvalue weighted by Gasteiger charge is 2.31. The van der Waals surface area contributed by atoms with Gasteiger partial charge in [-0.2, -0.15) is 0 Å². The molecule has 0 amide bonds. The second-order valence-electron chi connectivity index (χ2n) is 10.7. The van der Waals surface area contributed by atoms with Gasteiger partial charge >= 0.3 is 0 Å². The third-order valence-corrected chi connectivity index (χ3v) is 14.6. The number of aryl methyl sites for hydroxylation is 4. The second kappa shape index (κ2) is 15.3. The molecule has 0 heterocycles. The summed E-state index contributed by atoms with van der Waals surface area (Å²) in [5.74, 6) is 3.46. The number of hydrogen-bond acceptors (Lipinski definition) is 5. The van der Waals surface area contributed by atoms with Crippen LogP contribution in [0.4, 0.5) is 0 Å². The van der Waals surface area contributed by atoms with E-state index in [9.17, 15) is 0 Å². The van der Waals surface area contributed by atoms with Crippen molar-refractivity contribution in [2.75, 3.05) is 26.4 Å². The zero-order valence-electron chi connectivity index (χ0n) is 27.0. The molecule has 0 bridgehead atoms. The van der Waals surface area contributed by atoms with Crippen LogP contribution < -0.4 is 39.7 Å². The fraction of sp³-hybridized carbons (Fsp3) is 0.333. The summed E-state index contributed by atoms with van der Waals surface area (Å²) in [6.45, 7) is 19.2. The summed E-state index contributed by atoms with van der Waals surface area (Å²) in [4.78, 5) is 0. The number of ether oxygens (including phenoxy) is 4. The molecule has 0 atom stereocenters. The van der Waals surface area contributed by atoms with Gasteiger partial charge in [-0.3, -0.25) is 0 Å². The number of hydrogen-bond donors (Lipinski definition) is 0. The first-order valence-electron chi connectivity index (χ1n) is 15.4. The molecule has 0 aromatic heterocycles. The Balaban J connectivity index is 1.98. The average molecular weight is 615 g/mol. The van der Waals surface area contributed by atoms with Crippen molar-refractivity contribution in [3.05, 3.63) is 95.1 Å². The van der Waals surface area contributed by atoms with Crippen LogP contribution in [0.5, 0.6) is 23.0 Å². The molecule has 0 unspecified atom stereocenters. The summed E-state index contributed by atoms with van der Waals surface area (Å²) in [6, 6.07) is 25.6. The molecule has 5 nitrogen and oxygen atoms in total. The third-order valence-electron chi connectivity index (χ3n) is 7.65. The summed E-state index contributed by atoms with van der Waals surface area (Å²) in [5.41, 5.74) is 4.81. The molecule has 4 aromatic rings. The van der Waals surface area contributed by atoms with Crippen molar-refractivity contribution < 1.29 is 23.1 Å². The molecule has 228 valence electrons. The van der Waals surface area contributed by atoms with Crippen LogP contribution in [0.3, 0.4) is 0 Å². The highest BCUT2D eigenvalue weighted by Crippen LogP contribution is 2.19.